The topological polar surface area (TPSA) is 24.1 Å². The summed E-state index contributed by atoms with van der Waals surface area (Å²) in [6.07, 6.45) is 7.03. The van der Waals surface area contributed by atoms with Gasteiger partial charge in [0, 0.05) is 24.2 Å². The molecule has 2 N–H and O–H groups in total. The van der Waals surface area contributed by atoms with Crippen LogP contribution in [0.5, 0.6) is 0 Å². The van der Waals surface area contributed by atoms with E-state index in [1.165, 1.54) is 45.2 Å². The molecule has 0 radical (unpaired) electrons. The van der Waals surface area contributed by atoms with E-state index in [1.54, 1.807) is 0 Å². The highest BCUT2D eigenvalue weighted by Gasteiger charge is 2.50. The first-order chi connectivity index (χ1) is 5.33. The van der Waals surface area contributed by atoms with Gasteiger partial charge < -0.3 is 10.6 Å². The Morgan fingerprint density at radius 1 is 0.727 bits per heavy atom. The molecule has 0 aromatic heterocycles. The van der Waals surface area contributed by atoms with Crippen molar-refractivity contribution in [2.75, 3.05) is 13.1 Å². The molecule has 0 aromatic rings. The minimum absolute atomic E-state index is 0.536. The van der Waals surface area contributed by atoms with Crippen LogP contribution in [0.15, 0.2) is 0 Å². The van der Waals surface area contributed by atoms with E-state index < -0.39 is 0 Å². The number of nitrogens with one attached hydrogen (secondary N) is 2. The monoisotopic (exact) mass is 152 g/mol. The van der Waals surface area contributed by atoms with Crippen LogP contribution in [0.3, 0.4) is 0 Å². The molecule has 3 rings (SSSR count). The summed E-state index contributed by atoms with van der Waals surface area (Å²) < 4.78 is 0. The highest BCUT2D eigenvalue weighted by Crippen LogP contribution is 2.41. The summed E-state index contributed by atoms with van der Waals surface area (Å²) in [5.74, 6) is 0. The first kappa shape index (κ1) is 6.44. The zero-order valence-corrected chi connectivity index (χ0v) is 6.95. The summed E-state index contributed by atoms with van der Waals surface area (Å²) in [4.78, 5) is 0. The van der Waals surface area contributed by atoms with Crippen molar-refractivity contribution in [3.63, 3.8) is 0 Å². The lowest BCUT2D eigenvalue weighted by Crippen LogP contribution is -2.67. The van der Waals surface area contributed by atoms with E-state index in [4.69, 9.17) is 0 Å². The van der Waals surface area contributed by atoms with Gasteiger partial charge in [-0.1, -0.05) is 0 Å². The highest BCUT2D eigenvalue weighted by atomic mass is 15.2. The molecule has 0 aromatic carbocycles. The minimum atomic E-state index is 0.536. The van der Waals surface area contributed by atoms with Gasteiger partial charge in [-0.15, -0.1) is 0 Å². The maximum Gasteiger partial charge on any atom is 0.0308 e. The van der Waals surface area contributed by atoms with Gasteiger partial charge >= 0.3 is 0 Å². The van der Waals surface area contributed by atoms with E-state index in [-0.39, 0.29) is 0 Å². The van der Waals surface area contributed by atoms with Crippen LogP contribution in [-0.2, 0) is 0 Å². The fourth-order valence-electron chi connectivity index (χ4n) is 2.30. The summed E-state index contributed by atoms with van der Waals surface area (Å²) in [5, 5.41) is 7.42. The lowest BCUT2D eigenvalue weighted by molar-refractivity contribution is 0.131. The largest absolute Gasteiger partial charge is 0.308 e. The summed E-state index contributed by atoms with van der Waals surface area (Å²) >= 11 is 0. The van der Waals surface area contributed by atoms with Crippen LogP contribution < -0.4 is 10.6 Å². The number of piperazine rings is 1. The third-order valence-electron chi connectivity index (χ3n) is 3.77. The molecule has 2 aliphatic carbocycles. The summed E-state index contributed by atoms with van der Waals surface area (Å²) in [6.45, 7) is 2.46. The van der Waals surface area contributed by atoms with Crippen molar-refractivity contribution in [1.29, 1.82) is 0 Å². The van der Waals surface area contributed by atoms with Gasteiger partial charge in [-0.3, -0.25) is 0 Å². The maximum absolute atomic E-state index is 3.72. The normalized spacial score (nSPS) is 37.1. The Labute approximate surface area is 67.7 Å². The highest BCUT2D eigenvalue weighted by molar-refractivity contribution is 5.13. The van der Waals surface area contributed by atoms with E-state index in [1.807, 2.05) is 0 Å². The van der Waals surface area contributed by atoms with E-state index in [2.05, 4.69) is 10.6 Å². The molecular formula is C9H16N2. The van der Waals surface area contributed by atoms with Gasteiger partial charge in [0.1, 0.15) is 0 Å². The second-order valence-electron chi connectivity index (χ2n) is 4.62. The molecule has 0 amide bonds. The lowest BCUT2D eigenvalue weighted by Gasteiger charge is -2.48. The van der Waals surface area contributed by atoms with Crippen molar-refractivity contribution >= 4 is 0 Å². The van der Waals surface area contributed by atoms with Crippen molar-refractivity contribution in [3.05, 3.63) is 0 Å². The molecule has 3 aliphatic rings. The smallest absolute Gasteiger partial charge is 0.0308 e. The van der Waals surface area contributed by atoms with Gasteiger partial charge in [0.25, 0.3) is 0 Å². The lowest BCUT2D eigenvalue weighted by atomic mass is 9.75. The minimum Gasteiger partial charge on any atom is -0.308 e. The average molecular weight is 152 g/mol. The summed E-state index contributed by atoms with van der Waals surface area (Å²) in [6, 6.07) is 0. The van der Waals surface area contributed by atoms with Gasteiger partial charge in [-0.25, -0.2) is 0 Å². The van der Waals surface area contributed by atoms with Gasteiger partial charge in [-0.05, 0) is 32.1 Å². The predicted octanol–water partition coefficient (Wildman–Crippen LogP) is 0.634. The summed E-state index contributed by atoms with van der Waals surface area (Å²) in [5.41, 5.74) is 1.09. The fourth-order valence-corrected chi connectivity index (χ4v) is 2.30. The molecule has 3 fully saturated rings. The second kappa shape index (κ2) is 1.80. The Morgan fingerprint density at radius 3 is 1.55 bits per heavy atom. The van der Waals surface area contributed by atoms with E-state index in [0.717, 1.165) is 0 Å². The number of rotatable bonds is 0. The van der Waals surface area contributed by atoms with Crippen molar-refractivity contribution < 1.29 is 0 Å². The Bertz CT molecular complexity index is 168. The molecular weight excluding hydrogens is 136 g/mol. The van der Waals surface area contributed by atoms with Crippen LogP contribution in [0.1, 0.15) is 32.1 Å². The SMILES string of the molecule is C1CC2(C1)CNC1(CC1)CN2. The molecule has 0 unspecified atom stereocenters. The van der Waals surface area contributed by atoms with Gasteiger partial charge in [0.15, 0.2) is 0 Å². The molecule has 2 spiro atoms. The molecule has 2 heteroatoms. The molecule has 1 saturated heterocycles. The van der Waals surface area contributed by atoms with Crippen molar-refractivity contribution in [1.82, 2.24) is 10.6 Å². The van der Waals surface area contributed by atoms with Gasteiger partial charge in [0.05, 0.1) is 0 Å². The molecule has 2 nitrogen and oxygen atoms in total. The molecule has 0 atom stereocenters. The molecule has 62 valence electrons. The Balaban J connectivity index is 1.68. The van der Waals surface area contributed by atoms with E-state index >= 15 is 0 Å². The van der Waals surface area contributed by atoms with Crippen LogP contribution in [0.4, 0.5) is 0 Å². The summed E-state index contributed by atoms with van der Waals surface area (Å²) in [7, 11) is 0. The first-order valence-corrected chi connectivity index (χ1v) is 4.83. The quantitative estimate of drug-likeness (QED) is 0.532. The third kappa shape index (κ3) is 0.859. The zero-order chi connectivity index (χ0) is 7.36. The van der Waals surface area contributed by atoms with Crippen LogP contribution in [0, 0.1) is 0 Å². The van der Waals surface area contributed by atoms with E-state index in [9.17, 15) is 0 Å². The molecule has 1 aliphatic heterocycles. The van der Waals surface area contributed by atoms with Crippen molar-refractivity contribution in [2.24, 2.45) is 0 Å². The molecule has 0 bridgehead atoms. The molecule has 2 saturated carbocycles. The predicted molar refractivity (Wildman–Crippen MR) is 44.6 cm³/mol. The molecule has 1 heterocycles. The Morgan fingerprint density at radius 2 is 1.27 bits per heavy atom. The zero-order valence-electron chi connectivity index (χ0n) is 6.95. The average Bonchev–Trinajstić information content (AvgIpc) is 2.69. The number of hydrogen-bond donors (Lipinski definition) is 2. The Hall–Kier alpha value is -0.0800. The standard InChI is InChI=1S/C9H16N2/c1-2-8(3-1)6-11-9(4-5-9)7-10-8/h10-11H,1-7H2. The Kier molecular flexibility index (Phi) is 1.06. The fraction of sp³-hybridized carbons (Fsp3) is 1.00. The van der Waals surface area contributed by atoms with Crippen LogP contribution in [0.2, 0.25) is 0 Å². The van der Waals surface area contributed by atoms with Crippen LogP contribution in [0.25, 0.3) is 0 Å². The number of hydrogen-bond acceptors (Lipinski definition) is 2. The van der Waals surface area contributed by atoms with Crippen molar-refractivity contribution in [3.8, 4) is 0 Å². The van der Waals surface area contributed by atoms with Crippen LogP contribution in [-0.4, -0.2) is 24.2 Å². The van der Waals surface area contributed by atoms with Gasteiger partial charge in [-0.2, -0.15) is 0 Å². The van der Waals surface area contributed by atoms with Crippen LogP contribution >= 0.6 is 0 Å². The third-order valence-corrected chi connectivity index (χ3v) is 3.77. The molecule has 11 heavy (non-hydrogen) atoms. The maximum atomic E-state index is 3.72. The van der Waals surface area contributed by atoms with E-state index in [0.29, 0.717) is 11.1 Å². The second-order valence-corrected chi connectivity index (χ2v) is 4.62. The van der Waals surface area contributed by atoms with Crippen molar-refractivity contribution in [2.45, 2.75) is 43.2 Å². The van der Waals surface area contributed by atoms with Gasteiger partial charge in [0.2, 0.25) is 0 Å². The first-order valence-electron chi connectivity index (χ1n) is 4.83.